The summed E-state index contributed by atoms with van der Waals surface area (Å²) in [7, 11) is 0. The summed E-state index contributed by atoms with van der Waals surface area (Å²) in [5.41, 5.74) is 1.87. The molecule has 0 spiro atoms. The van der Waals surface area contributed by atoms with Crippen LogP contribution in [0.3, 0.4) is 0 Å². The minimum Gasteiger partial charge on any atom is -0.372 e. The third-order valence-corrected chi connectivity index (χ3v) is 2.91. The lowest BCUT2D eigenvalue weighted by molar-refractivity contribution is 0.102. The lowest BCUT2D eigenvalue weighted by Gasteiger charge is -2.23. The summed E-state index contributed by atoms with van der Waals surface area (Å²) in [4.78, 5) is 13.7. The third kappa shape index (κ3) is 4.04. The first-order valence-corrected chi connectivity index (χ1v) is 6.70. The molecule has 0 heterocycles. The minimum absolute atomic E-state index is 0.0178. The maximum atomic E-state index is 11.4. The zero-order valence-electron chi connectivity index (χ0n) is 10.6. The molecule has 0 aromatic heterocycles. The van der Waals surface area contributed by atoms with E-state index in [9.17, 15) is 4.79 Å². The highest BCUT2D eigenvalue weighted by atomic mass is 35.5. The first-order chi connectivity index (χ1) is 8.22. The molecule has 0 unspecified atom stereocenters. The average Bonchev–Trinajstić information content (AvgIpc) is 2.38. The molecule has 0 atom stereocenters. The topological polar surface area (TPSA) is 20.3 Å². The molecule has 0 bridgehead atoms. The maximum absolute atomic E-state index is 11.4. The van der Waals surface area contributed by atoms with Gasteiger partial charge < -0.3 is 4.90 Å². The Bertz CT molecular complexity index is 342. The summed E-state index contributed by atoms with van der Waals surface area (Å²) in [6.45, 7) is 6.45. The molecule has 1 aromatic rings. The van der Waals surface area contributed by atoms with Gasteiger partial charge in [0.05, 0.1) is 5.88 Å². The van der Waals surface area contributed by atoms with Crippen molar-refractivity contribution in [3.8, 4) is 0 Å². The Kier molecular flexibility index (Phi) is 6.06. The summed E-state index contributed by atoms with van der Waals surface area (Å²) < 4.78 is 0. The van der Waals surface area contributed by atoms with Gasteiger partial charge in [-0.3, -0.25) is 4.79 Å². The van der Waals surface area contributed by atoms with Crippen LogP contribution < -0.4 is 4.90 Å². The molecule has 0 saturated carbocycles. The normalized spacial score (nSPS) is 10.3. The molecule has 0 fully saturated rings. The molecule has 0 radical (unpaired) electrons. The van der Waals surface area contributed by atoms with Crippen molar-refractivity contribution in [2.75, 3.05) is 23.9 Å². The summed E-state index contributed by atoms with van der Waals surface area (Å²) in [6.07, 6.45) is 2.25. The fraction of sp³-hybridized carbons (Fsp3) is 0.500. The molecule has 3 heteroatoms. The van der Waals surface area contributed by atoms with Crippen LogP contribution in [0, 0.1) is 0 Å². The van der Waals surface area contributed by atoms with E-state index in [1.165, 1.54) is 5.69 Å². The number of halogens is 1. The van der Waals surface area contributed by atoms with Crippen molar-refractivity contribution in [1.82, 2.24) is 0 Å². The van der Waals surface area contributed by atoms with Gasteiger partial charge in [0.15, 0.2) is 5.78 Å². The number of carbonyl (C=O) groups excluding carboxylic acids is 1. The van der Waals surface area contributed by atoms with Gasteiger partial charge in [-0.15, -0.1) is 11.6 Å². The Morgan fingerprint density at radius 3 is 2.06 bits per heavy atom. The first-order valence-electron chi connectivity index (χ1n) is 6.17. The van der Waals surface area contributed by atoms with E-state index in [0.717, 1.165) is 25.9 Å². The van der Waals surface area contributed by atoms with E-state index in [1.807, 2.05) is 24.3 Å². The molecule has 0 aliphatic carbocycles. The molecule has 0 aliphatic rings. The van der Waals surface area contributed by atoms with Crippen molar-refractivity contribution < 1.29 is 4.79 Å². The van der Waals surface area contributed by atoms with E-state index < -0.39 is 0 Å². The Morgan fingerprint density at radius 2 is 1.65 bits per heavy atom. The number of rotatable bonds is 7. The molecule has 0 saturated heterocycles. The zero-order valence-corrected chi connectivity index (χ0v) is 11.3. The number of alkyl halides is 1. The number of hydrogen-bond acceptors (Lipinski definition) is 2. The van der Waals surface area contributed by atoms with Crippen LogP contribution in [-0.4, -0.2) is 24.8 Å². The number of nitrogens with zero attached hydrogens (tertiary/aromatic N) is 1. The summed E-state index contributed by atoms with van der Waals surface area (Å²) in [5.74, 6) is 0.0308. The van der Waals surface area contributed by atoms with Gasteiger partial charge >= 0.3 is 0 Å². The van der Waals surface area contributed by atoms with E-state index in [1.54, 1.807) is 0 Å². The largest absolute Gasteiger partial charge is 0.372 e. The average molecular weight is 254 g/mol. The summed E-state index contributed by atoms with van der Waals surface area (Å²) in [6, 6.07) is 7.73. The van der Waals surface area contributed by atoms with Crippen molar-refractivity contribution in [3.05, 3.63) is 29.8 Å². The second-order valence-corrected chi connectivity index (χ2v) is 4.36. The fourth-order valence-corrected chi connectivity index (χ4v) is 2.00. The van der Waals surface area contributed by atoms with E-state index in [4.69, 9.17) is 11.6 Å². The van der Waals surface area contributed by atoms with Gasteiger partial charge in [-0.1, -0.05) is 13.8 Å². The van der Waals surface area contributed by atoms with Crippen LogP contribution >= 0.6 is 11.6 Å². The molecule has 2 nitrogen and oxygen atoms in total. The highest BCUT2D eigenvalue weighted by molar-refractivity contribution is 6.30. The van der Waals surface area contributed by atoms with Gasteiger partial charge in [0.1, 0.15) is 0 Å². The van der Waals surface area contributed by atoms with E-state index >= 15 is 0 Å². The number of anilines is 1. The molecule has 94 valence electrons. The number of ketones is 1. The molecule has 0 N–H and O–H groups in total. The Labute approximate surface area is 109 Å². The molecule has 17 heavy (non-hydrogen) atoms. The lowest BCUT2D eigenvalue weighted by atomic mass is 10.1. The van der Waals surface area contributed by atoms with Gasteiger partial charge in [0.2, 0.25) is 0 Å². The maximum Gasteiger partial charge on any atom is 0.177 e. The van der Waals surface area contributed by atoms with Crippen LogP contribution in [0.5, 0.6) is 0 Å². The van der Waals surface area contributed by atoms with E-state index in [2.05, 4.69) is 18.7 Å². The number of benzene rings is 1. The van der Waals surface area contributed by atoms with E-state index in [-0.39, 0.29) is 11.7 Å². The van der Waals surface area contributed by atoms with Crippen LogP contribution in [0.2, 0.25) is 0 Å². The zero-order chi connectivity index (χ0) is 12.7. The van der Waals surface area contributed by atoms with Crippen LogP contribution in [0.1, 0.15) is 37.0 Å². The number of Topliss-reactive ketones (excluding diaryl/α,β-unsaturated/α-hetero) is 1. The monoisotopic (exact) mass is 253 g/mol. The molecule has 0 aliphatic heterocycles. The van der Waals surface area contributed by atoms with Gasteiger partial charge in [-0.05, 0) is 37.1 Å². The molecule has 1 rings (SSSR count). The van der Waals surface area contributed by atoms with Gasteiger partial charge in [-0.2, -0.15) is 0 Å². The van der Waals surface area contributed by atoms with Crippen LogP contribution in [-0.2, 0) is 0 Å². The highest BCUT2D eigenvalue weighted by Gasteiger charge is 2.07. The van der Waals surface area contributed by atoms with E-state index in [0.29, 0.717) is 5.56 Å². The van der Waals surface area contributed by atoms with Crippen molar-refractivity contribution in [2.24, 2.45) is 0 Å². The molecule has 0 amide bonds. The Balaban J connectivity index is 2.80. The fourth-order valence-electron chi connectivity index (χ4n) is 1.85. The van der Waals surface area contributed by atoms with Crippen molar-refractivity contribution in [2.45, 2.75) is 26.7 Å². The molecular weight excluding hydrogens is 234 g/mol. The standard InChI is InChI=1S/C14H20ClNO/c1-3-9-16(10-4-2)13-7-5-12(6-8-13)14(17)11-15/h5-8H,3-4,9-11H2,1-2H3. The Hall–Kier alpha value is -1.02. The van der Waals surface area contributed by atoms with Crippen LogP contribution in [0.15, 0.2) is 24.3 Å². The minimum atomic E-state index is -0.0178. The second kappa shape index (κ2) is 7.33. The van der Waals surface area contributed by atoms with Crippen molar-refractivity contribution in [3.63, 3.8) is 0 Å². The predicted octanol–water partition coefficient (Wildman–Crippen LogP) is 3.73. The van der Waals surface area contributed by atoms with Gasteiger partial charge in [0.25, 0.3) is 0 Å². The number of hydrogen-bond donors (Lipinski definition) is 0. The molecule has 1 aromatic carbocycles. The SMILES string of the molecule is CCCN(CCC)c1ccc(C(=O)CCl)cc1. The van der Waals surface area contributed by atoms with Gasteiger partial charge in [-0.25, -0.2) is 0 Å². The van der Waals surface area contributed by atoms with Crippen molar-refractivity contribution in [1.29, 1.82) is 0 Å². The third-order valence-electron chi connectivity index (χ3n) is 2.66. The molecular formula is C14H20ClNO. The lowest BCUT2D eigenvalue weighted by Crippen LogP contribution is -2.24. The van der Waals surface area contributed by atoms with Crippen LogP contribution in [0.4, 0.5) is 5.69 Å². The smallest absolute Gasteiger partial charge is 0.177 e. The summed E-state index contributed by atoms with van der Waals surface area (Å²) >= 11 is 5.53. The second-order valence-electron chi connectivity index (χ2n) is 4.09. The highest BCUT2D eigenvalue weighted by Crippen LogP contribution is 2.16. The summed E-state index contributed by atoms with van der Waals surface area (Å²) in [5, 5.41) is 0. The predicted molar refractivity (Wildman–Crippen MR) is 74.3 cm³/mol. The van der Waals surface area contributed by atoms with Gasteiger partial charge in [0, 0.05) is 24.3 Å². The Morgan fingerprint density at radius 1 is 1.12 bits per heavy atom. The number of carbonyl (C=O) groups is 1. The first kappa shape index (κ1) is 14.0. The van der Waals surface area contributed by atoms with Crippen LogP contribution in [0.25, 0.3) is 0 Å². The van der Waals surface area contributed by atoms with Crippen molar-refractivity contribution >= 4 is 23.1 Å². The quantitative estimate of drug-likeness (QED) is 0.545.